The molecule has 0 heterocycles. The van der Waals surface area contributed by atoms with Crippen LogP contribution < -0.4 is 5.32 Å². The molecular weight excluding hydrogens is 240 g/mol. The molecule has 2 rings (SSSR count). The highest BCUT2D eigenvalue weighted by Crippen LogP contribution is 2.27. The number of benzene rings is 1. The second kappa shape index (κ2) is 6.57. The van der Waals surface area contributed by atoms with Crippen LogP contribution in [-0.2, 0) is 17.6 Å². The molecule has 0 unspecified atom stereocenters. The van der Waals surface area contributed by atoms with Gasteiger partial charge in [0, 0.05) is 26.4 Å². The van der Waals surface area contributed by atoms with E-state index in [9.17, 15) is 4.79 Å². The predicted octanol–water partition coefficient (Wildman–Crippen LogP) is 2.68. The first-order chi connectivity index (χ1) is 9.22. The SMILES string of the molecule is COCCN(C)C(=O)Nc1cccc2c1CCCC2. The zero-order chi connectivity index (χ0) is 13.7. The molecule has 0 aliphatic heterocycles. The number of carbonyl (C=O) groups is 1. The molecule has 2 amide bonds. The molecule has 0 spiro atoms. The second-order valence-electron chi connectivity index (χ2n) is 4.99. The Balaban J connectivity index is 2.04. The van der Waals surface area contributed by atoms with Crippen LogP contribution in [0.4, 0.5) is 10.5 Å². The van der Waals surface area contributed by atoms with Crippen molar-refractivity contribution in [3.63, 3.8) is 0 Å². The molecule has 1 aliphatic carbocycles. The largest absolute Gasteiger partial charge is 0.383 e. The fourth-order valence-corrected chi connectivity index (χ4v) is 2.44. The highest BCUT2D eigenvalue weighted by atomic mass is 16.5. The van der Waals surface area contributed by atoms with E-state index < -0.39 is 0 Å². The summed E-state index contributed by atoms with van der Waals surface area (Å²) in [7, 11) is 3.42. The van der Waals surface area contributed by atoms with Crippen molar-refractivity contribution in [2.45, 2.75) is 25.7 Å². The Morgan fingerprint density at radius 3 is 2.95 bits per heavy atom. The number of fused-ring (bicyclic) bond motifs is 1. The topological polar surface area (TPSA) is 41.6 Å². The molecule has 0 bridgehead atoms. The van der Waals surface area contributed by atoms with Gasteiger partial charge in [0.1, 0.15) is 0 Å². The van der Waals surface area contributed by atoms with Gasteiger partial charge in [-0.3, -0.25) is 0 Å². The number of urea groups is 1. The Morgan fingerprint density at radius 1 is 1.37 bits per heavy atom. The lowest BCUT2D eigenvalue weighted by Crippen LogP contribution is -2.34. The molecule has 0 aromatic heterocycles. The van der Waals surface area contributed by atoms with Crippen molar-refractivity contribution in [2.24, 2.45) is 0 Å². The number of hydrogen-bond donors (Lipinski definition) is 1. The Hall–Kier alpha value is -1.55. The summed E-state index contributed by atoms with van der Waals surface area (Å²) in [6.07, 6.45) is 4.64. The molecule has 0 saturated carbocycles. The van der Waals surface area contributed by atoms with Gasteiger partial charge in [-0.2, -0.15) is 0 Å². The van der Waals surface area contributed by atoms with Crippen LogP contribution in [0.2, 0.25) is 0 Å². The number of anilines is 1. The van der Waals surface area contributed by atoms with E-state index in [0.717, 1.165) is 18.5 Å². The maximum absolute atomic E-state index is 12.1. The van der Waals surface area contributed by atoms with E-state index in [-0.39, 0.29) is 6.03 Å². The Bertz CT molecular complexity index is 446. The van der Waals surface area contributed by atoms with Gasteiger partial charge in [0.15, 0.2) is 0 Å². The zero-order valence-electron chi connectivity index (χ0n) is 11.7. The van der Waals surface area contributed by atoms with Gasteiger partial charge in [-0.15, -0.1) is 0 Å². The molecule has 0 atom stereocenters. The molecule has 19 heavy (non-hydrogen) atoms. The fraction of sp³-hybridized carbons (Fsp3) is 0.533. The summed E-state index contributed by atoms with van der Waals surface area (Å²) in [5.74, 6) is 0. The van der Waals surface area contributed by atoms with Crippen LogP contribution >= 0.6 is 0 Å². The second-order valence-corrected chi connectivity index (χ2v) is 4.99. The average molecular weight is 262 g/mol. The average Bonchev–Trinajstić information content (AvgIpc) is 2.45. The van der Waals surface area contributed by atoms with Crippen LogP contribution in [0.25, 0.3) is 0 Å². The molecule has 1 aromatic carbocycles. The third kappa shape index (κ3) is 3.47. The number of rotatable bonds is 4. The summed E-state index contributed by atoms with van der Waals surface area (Å²) >= 11 is 0. The predicted molar refractivity (Wildman–Crippen MR) is 76.6 cm³/mol. The Labute approximate surface area is 114 Å². The summed E-state index contributed by atoms with van der Waals surface area (Å²) in [6, 6.07) is 6.11. The van der Waals surface area contributed by atoms with Gasteiger partial charge in [0.25, 0.3) is 0 Å². The number of hydrogen-bond acceptors (Lipinski definition) is 2. The molecule has 1 aromatic rings. The van der Waals surface area contributed by atoms with E-state index in [2.05, 4.69) is 11.4 Å². The summed E-state index contributed by atoms with van der Waals surface area (Å²) in [4.78, 5) is 13.7. The van der Waals surface area contributed by atoms with Crippen LogP contribution in [-0.4, -0.2) is 38.2 Å². The van der Waals surface area contributed by atoms with E-state index in [1.165, 1.54) is 24.0 Å². The number of ether oxygens (including phenoxy) is 1. The van der Waals surface area contributed by atoms with Gasteiger partial charge < -0.3 is 15.0 Å². The molecular formula is C15H22N2O2. The third-order valence-corrected chi connectivity index (χ3v) is 3.62. The summed E-state index contributed by atoms with van der Waals surface area (Å²) < 4.78 is 4.98. The van der Waals surface area contributed by atoms with Crippen molar-refractivity contribution in [3.8, 4) is 0 Å². The van der Waals surface area contributed by atoms with Crippen LogP contribution in [0, 0.1) is 0 Å². The summed E-state index contributed by atoms with van der Waals surface area (Å²) in [5, 5.41) is 3.01. The van der Waals surface area contributed by atoms with E-state index in [1.807, 2.05) is 12.1 Å². The summed E-state index contributed by atoms with van der Waals surface area (Å²) in [5.41, 5.74) is 3.65. The lowest BCUT2D eigenvalue weighted by atomic mass is 9.90. The molecule has 4 heteroatoms. The van der Waals surface area contributed by atoms with E-state index in [0.29, 0.717) is 13.2 Å². The number of likely N-dealkylation sites (N-methyl/N-ethyl adjacent to an activating group) is 1. The quantitative estimate of drug-likeness (QED) is 0.906. The molecule has 0 saturated heterocycles. The Kier molecular flexibility index (Phi) is 4.80. The van der Waals surface area contributed by atoms with E-state index in [4.69, 9.17) is 4.74 Å². The van der Waals surface area contributed by atoms with Crippen LogP contribution in [0.15, 0.2) is 18.2 Å². The monoisotopic (exact) mass is 262 g/mol. The lowest BCUT2D eigenvalue weighted by molar-refractivity contribution is 0.165. The van der Waals surface area contributed by atoms with Crippen LogP contribution in [0.5, 0.6) is 0 Å². The van der Waals surface area contributed by atoms with Gasteiger partial charge in [0.05, 0.1) is 6.61 Å². The molecule has 1 N–H and O–H groups in total. The number of carbonyl (C=O) groups excluding carboxylic acids is 1. The molecule has 4 nitrogen and oxygen atoms in total. The van der Waals surface area contributed by atoms with E-state index in [1.54, 1.807) is 19.1 Å². The molecule has 104 valence electrons. The standard InChI is InChI=1S/C15H22N2O2/c1-17(10-11-19-2)15(18)16-14-9-5-7-12-6-3-4-8-13(12)14/h5,7,9H,3-4,6,8,10-11H2,1-2H3,(H,16,18). The van der Waals surface area contributed by atoms with Crippen molar-refractivity contribution in [3.05, 3.63) is 29.3 Å². The van der Waals surface area contributed by atoms with Gasteiger partial charge in [0.2, 0.25) is 0 Å². The van der Waals surface area contributed by atoms with Crippen LogP contribution in [0.3, 0.4) is 0 Å². The smallest absolute Gasteiger partial charge is 0.321 e. The number of nitrogens with one attached hydrogen (secondary N) is 1. The number of aryl methyl sites for hydroxylation is 1. The first kappa shape index (κ1) is 13.9. The number of amides is 2. The highest BCUT2D eigenvalue weighted by Gasteiger charge is 2.15. The third-order valence-electron chi connectivity index (χ3n) is 3.62. The van der Waals surface area contributed by atoms with Gasteiger partial charge in [-0.25, -0.2) is 4.79 Å². The van der Waals surface area contributed by atoms with Crippen LogP contribution in [0.1, 0.15) is 24.0 Å². The minimum absolute atomic E-state index is 0.0731. The van der Waals surface area contributed by atoms with Gasteiger partial charge >= 0.3 is 6.03 Å². The molecule has 0 fully saturated rings. The van der Waals surface area contributed by atoms with Crippen molar-refractivity contribution in [2.75, 3.05) is 32.6 Å². The maximum atomic E-state index is 12.1. The number of nitrogens with zero attached hydrogens (tertiary/aromatic N) is 1. The normalized spacial score (nSPS) is 13.8. The van der Waals surface area contributed by atoms with Gasteiger partial charge in [-0.05, 0) is 42.9 Å². The highest BCUT2D eigenvalue weighted by molar-refractivity contribution is 5.90. The van der Waals surface area contributed by atoms with E-state index >= 15 is 0 Å². The van der Waals surface area contributed by atoms with Crippen molar-refractivity contribution in [1.29, 1.82) is 0 Å². The van der Waals surface area contributed by atoms with Crippen molar-refractivity contribution < 1.29 is 9.53 Å². The maximum Gasteiger partial charge on any atom is 0.321 e. The molecule has 0 radical (unpaired) electrons. The number of methoxy groups -OCH3 is 1. The summed E-state index contributed by atoms with van der Waals surface area (Å²) in [6.45, 7) is 1.15. The minimum Gasteiger partial charge on any atom is -0.383 e. The fourth-order valence-electron chi connectivity index (χ4n) is 2.44. The molecule has 1 aliphatic rings. The Morgan fingerprint density at radius 2 is 2.16 bits per heavy atom. The van der Waals surface area contributed by atoms with Crippen molar-refractivity contribution in [1.82, 2.24) is 4.90 Å². The first-order valence-corrected chi connectivity index (χ1v) is 6.84. The first-order valence-electron chi connectivity index (χ1n) is 6.84. The zero-order valence-corrected chi connectivity index (χ0v) is 11.7. The van der Waals surface area contributed by atoms with Gasteiger partial charge in [-0.1, -0.05) is 12.1 Å². The minimum atomic E-state index is -0.0731. The lowest BCUT2D eigenvalue weighted by Gasteiger charge is -2.22. The van der Waals surface area contributed by atoms with Crippen molar-refractivity contribution >= 4 is 11.7 Å².